The minimum Gasteiger partial charge on any atom is -0.488 e. The van der Waals surface area contributed by atoms with E-state index in [9.17, 15) is 0 Å². The zero-order valence-corrected chi connectivity index (χ0v) is 11.8. The van der Waals surface area contributed by atoms with E-state index < -0.39 is 0 Å². The number of hydrogen-bond donors (Lipinski definition) is 2. The number of halogens is 1. The Kier molecular flexibility index (Phi) is 5.45. The molecule has 0 aromatic heterocycles. The van der Waals surface area contributed by atoms with E-state index in [4.69, 9.17) is 26.2 Å². The van der Waals surface area contributed by atoms with Crippen LogP contribution >= 0.6 is 11.6 Å². The molecule has 19 heavy (non-hydrogen) atoms. The molecule has 1 fully saturated rings. The summed E-state index contributed by atoms with van der Waals surface area (Å²) in [6, 6.07) is 5.74. The van der Waals surface area contributed by atoms with Gasteiger partial charge in [0.25, 0.3) is 0 Å². The van der Waals surface area contributed by atoms with Gasteiger partial charge in [-0.1, -0.05) is 17.7 Å². The first-order valence-corrected chi connectivity index (χ1v) is 6.96. The van der Waals surface area contributed by atoms with Gasteiger partial charge in [-0.2, -0.15) is 0 Å². The largest absolute Gasteiger partial charge is 0.488 e. The second-order valence-electron chi connectivity index (χ2n) is 4.73. The van der Waals surface area contributed by atoms with E-state index in [0.717, 1.165) is 25.1 Å². The third-order valence-electron chi connectivity index (χ3n) is 3.08. The number of benzene rings is 1. The summed E-state index contributed by atoms with van der Waals surface area (Å²) in [6.45, 7) is 4.14. The average molecular weight is 286 g/mol. The normalized spacial score (nSPS) is 21.7. The number of ether oxygens (including phenoxy) is 2. The SMILES string of the molecule is C[C@H](CO)Oc1ccc(C2COCCCN2)c(Cl)c1. The molecule has 1 saturated heterocycles. The highest BCUT2D eigenvalue weighted by atomic mass is 35.5. The molecule has 5 heteroatoms. The van der Waals surface area contributed by atoms with Crippen LogP contribution in [0.4, 0.5) is 0 Å². The molecule has 1 unspecified atom stereocenters. The van der Waals surface area contributed by atoms with Crippen LogP contribution in [0.3, 0.4) is 0 Å². The Hall–Kier alpha value is -0.810. The second-order valence-corrected chi connectivity index (χ2v) is 5.14. The molecule has 0 aliphatic carbocycles. The van der Waals surface area contributed by atoms with E-state index in [1.807, 2.05) is 19.1 Å². The van der Waals surface area contributed by atoms with Crippen LogP contribution in [0, 0.1) is 0 Å². The van der Waals surface area contributed by atoms with Crippen molar-refractivity contribution in [2.45, 2.75) is 25.5 Å². The fourth-order valence-corrected chi connectivity index (χ4v) is 2.35. The number of hydrogen-bond acceptors (Lipinski definition) is 4. The van der Waals surface area contributed by atoms with Gasteiger partial charge in [-0.3, -0.25) is 0 Å². The Morgan fingerprint density at radius 3 is 3.16 bits per heavy atom. The van der Waals surface area contributed by atoms with Gasteiger partial charge in [0.2, 0.25) is 0 Å². The molecule has 2 rings (SSSR count). The standard InChI is InChI=1S/C14H20ClNO3/c1-10(8-17)19-11-3-4-12(13(15)7-11)14-9-18-6-2-5-16-14/h3-4,7,10,14,16-17H,2,5-6,8-9H2,1H3/t10-,14?/m1/s1. The predicted molar refractivity (Wildman–Crippen MR) is 74.8 cm³/mol. The van der Waals surface area contributed by atoms with Crippen molar-refractivity contribution in [3.63, 3.8) is 0 Å². The van der Waals surface area contributed by atoms with Crippen LogP contribution in [0.2, 0.25) is 5.02 Å². The predicted octanol–water partition coefficient (Wildman–Crippen LogP) is 2.15. The van der Waals surface area contributed by atoms with Crippen LogP contribution in [-0.2, 0) is 4.74 Å². The fourth-order valence-electron chi connectivity index (χ4n) is 2.04. The van der Waals surface area contributed by atoms with Crippen LogP contribution < -0.4 is 10.1 Å². The summed E-state index contributed by atoms with van der Waals surface area (Å²) in [6.07, 6.45) is 0.782. The summed E-state index contributed by atoms with van der Waals surface area (Å²) in [4.78, 5) is 0. The van der Waals surface area contributed by atoms with E-state index in [1.54, 1.807) is 6.07 Å². The first-order chi connectivity index (χ1) is 9.20. The molecule has 106 valence electrons. The molecule has 1 aliphatic heterocycles. The molecule has 0 bridgehead atoms. The molecule has 4 nitrogen and oxygen atoms in total. The molecule has 2 N–H and O–H groups in total. The fraction of sp³-hybridized carbons (Fsp3) is 0.571. The smallest absolute Gasteiger partial charge is 0.121 e. The van der Waals surface area contributed by atoms with Gasteiger partial charge >= 0.3 is 0 Å². The third-order valence-corrected chi connectivity index (χ3v) is 3.41. The summed E-state index contributed by atoms with van der Waals surface area (Å²) in [5.41, 5.74) is 1.02. The van der Waals surface area contributed by atoms with Gasteiger partial charge in [-0.15, -0.1) is 0 Å². The van der Waals surface area contributed by atoms with Crippen LogP contribution in [0.5, 0.6) is 5.75 Å². The molecular formula is C14H20ClNO3. The maximum atomic E-state index is 8.97. The Balaban J connectivity index is 2.09. The Labute approximate surface area is 118 Å². The average Bonchev–Trinajstić information content (AvgIpc) is 2.67. The molecule has 0 amide bonds. The van der Waals surface area contributed by atoms with Crippen molar-refractivity contribution >= 4 is 11.6 Å². The molecule has 0 radical (unpaired) electrons. The molecule has 1 aliphatic rings. The van der Waals surface area contributed by atoms with Crippen LogP contribution in [0.25, 0.3) is 0 Å². The van der Waals surface area contributed by atoms with E-state index >= 15 is 0 Å². The van der Waals surface area contributed by atoms with Crippen molar-refractivity contribution in [1.82, 2.24) is 5.32 Å². The lowest BCUT2D eigenvalue weighted by molar-refractivity contribution is 0.129. The Morgan fingerprint density at radius 2 is 2.42 bits per heavy atom. The zero-order valence-electron chi connectivity index (χ0n) is 11.1. The minimum atomic E-state index is -0.235. The summed E-state index contributed by atoms with van der Waals surface area (Å²) >= 11 is 6.30. The van der Waals surface area contributed by atoms with Crippen molar-refractivity contribution in [1.29, 1.82) is 0 Å². The van der Waals surface area contributed by atoms with Gasteiger partial charge in [0, 0.05) is 11.6 Å². The first-order valence-electron chi connectivity index (χ1n) is 6.59. The Morgan fingerprint density at radius 1 is 1.58 bits per heavy atom. The lowest BCUT2D eigenvalue weighted by atomic mass is 10.1. The van der Waals surface area contributed by atoms with Crippen LogP contribution in [0.15, 0.2) is 18.2 Å². The van der Waals surface area contributed by atoms with Crippen molar-refractivity contribution in [3.05, 3.63) is 28.8 Å². The second kappa shape index (κ2) is 7.10. The van der Waals surface area contributed by atoms with Crippen molar-refractivity contribution < 1.29 is 14.6 Å². The summed E-state index contributed by atoms with van der Waals surface area (Å²) in [5, 5.41) is 13.0. The van der Waals surface area contributed by atoms with Gasteiger partial charge in [-0.25, -0.2) is 0 Å². The van der Waals surface area contributed by atoms with Crippen LogP contribution in [0.1, 0.15) is 24.9 Å². The molecule has 1 aromatic rings. The molecule has 2 atom stereocenters. The monoisotopic (exact) mass is 285 g/mol. The summed E-state index contributed by atoms with van der Waals surface area (Å²) in [5.74, 6) is 0.671. The topological polar surface area (TPSA) is 50.7 Å². The summed E-state index contributed by atoms with van der Waals surface area (Å²) < 4.78 is 11.1. The highest BCUT2D eigenvalue weighted by Crippen LogP contribution is 2.28. The van der Waals surface area contributed by atoms with Gasteiger partial charge < -0.3 is 19.9 Å². The maximum Gasteiger partial charge on any atom is 0.121 e. The molecule has 1 heterocycles. The Bertz CT molecular complexity index is 406. The molecule has 1 aromatic carbocycles. The first kappa shape index (κ1) is 14.6. The van der Waals surface area contributed by atoms with Crippen molar-refractivity contribution in [2.24, 2.45) is 0 Å². The molecular weight excluding hydrogens is 266 g/mol. The van der Waals surface area contributed by atoms with Gasteiger partial charge in [0.1, 0.15) is 11.9 Å². The number of rotatable bonds is 4. The highest BCUT2D eigenvalue weighted by Gasteiger charge is 2.17. The lowest BCUT2D eigenvalue weighted by Crippen LogP contribution is -2.23. The quantitative estimate of drug-likeness (QED) is 0.890. The van der Waals surface area contributed by atoms with E-state index in [-0.39, 0.29) is 18.8 Å². The number of aliphatic hydroxyl groups is 1. The van der Waals surface area contributed by atoms with Crippen molar-refractivity contribution in [3.8, 4) is 5.75 Å². The van der Waals surface area contributed by atoms with Gasteiger partial charge in [0.15, 0.2) is 0 Å². The highest BCUT2D eigenvalue weighted by molar-refractivity contribution is 6.31. The number of aliphatic hydroxyl groups excluding tert-OH is 1. The van der Waals surface area contributed by atoms with E-state index in [1.165, 1.54) is 0 Å². The van der Waals surface area contributed by atoms with Crippen molar-refractivity contribution in [2.75, 3.05) is 26.4 Å². The summed E-state index contributed by atoms with van der Waals surface area (Å²) in [7, 11) is 0. The van der Waals surface area contributed by atoms with E-state index in [0.29, 0.717) is 17.4 Å². The number of nitrogens with one attached hydrogen (secondary N) is 1. The molecule has 0 spiro atoms. The molecule has 0 saturated carbocycles. The minimum absolute atomic E-state index is 0.0165. The van der Waals surface area contributed by atoms with Gasteiger partial charge in [-0.05, 0) is 37.6 Å². The third kappa shape index (κ3) is 4.08. The van der Waals surface area contributed by atoms with Crippen LogP contribution in [-0.4, -0.2) is 37.6 Å². The van der Waals surface area contributed by atoms with E-state index in [2.05, 4.69) is 5.32 Å². The lowest BCUT2D eigenvalue weighted by Gasteiger charge is -2.19. The maximum absolute atomic E-state index is 8.97. The van der Waals surface area contributed by atoms with Gasteiger partial charge in [0.05, 0.1) is 19.3 Å². The zero-order chi connectivity index (χ0) is 13.7.